The van der Waals surface area contributed by atoms with Crippen molar-refractivity contribution in [3.63, 3.8) is 0 Å². The minimum absolute atomic E-state index is 0.496. The first-order valence-corrected chi connectivity index (χ1v) is 8.81. The summed E-state index contributed by atoms with van der Waals surface area (Å²) in [5.74, 6) is 1.45. The van der Waals surface area contributed by atoms with Crippen LogP contribution in [-0.4, -0.2) is 16.5 Å². The lowest BCUT2D eigenvalue weighted by atomic mass is 10.00. The average Bonchev–Trinajstić information content (AvgIpc) is 2.65. The number of hydrogen-bond donors (Lipinski definition) is 1. The van der Waals surface area contributed by atoms with Crippen LogP contribution in [0.15, 0.2) is 54.7 Å². The summed E-state index contributed by atoms with van der Waals surface area (Å²) in [5, 5.41) is 4.20. The minimum atomic E-state index is 0.496. The van der Waals surface area contributed by atoms with Crippen molar-refractivity contribution in [1.82, 2.24) is 9.97 Å². The molecule has 0 unspecified atom stereocenters. The Balaban J connectivity index is 1.55. The van der Waals surface area contributed by atoms with Crippen molar-refractivity contribution in [3.05, 3.63) is 75.9 Å². The van der Waals surface area contributed by atoms with E-state index in [4.69, 9.17) is 23.2 Å². The fourth-order valence-corrected chi connectivity index (χ4v) is 3.28. The Hall–Kier alpha value is -2.30. The van der Waals surface area contributed by atoms with Crippen LogP contribution in [0.4, 0.5) is 17.5 Å². The maximum absolute atomic E-state index is 6.06. The molecule has 0 bridgehead atoms. The third kappa shape index (κ3) is 3.55. The molecule has 4 rings (SSSR count). The number of halogens is 2. The van der Waals surface area contributed by atoms with Gasteiger partial charge in [0.05, 0.1) is 10.0 Å². The van der Waals surface area contributed by atoms with Crippen LogP contribution >= 0.6 is 23.2 Å². The molecule has 6 heteroatoms. The Morgan fingerprint density at radius 3 is 2.64 bits per heavy atom. The molecular formula is C19H16Cl2N4. The zero-order valence-electron chi connectivity index (χ0n) is 13.4. The normalized spacial score (nSPS) is 13.4. The fourth-order valence-electron chi connectivity index (χ4n) is 2.98. The molecule has 4 nitrogen and oxygen atoms in total. The highest BCUT2D eigenvalue weighted by atomic mass is 35.5. The second kappa shape index (κ2) is 6.90. The van der Waals surface area contributed by atoms with Crippen LogP contribution in [0.2, 0.25) is 10.0 Å². The van der Waals surface area contributed by atoms with E-state index in [2.05, 4.69) is 44.5 Å². The number of aromatic nitrogens is 2. The molecule has 3 aromatic rings. The highest BCUT2D eigenvalue weighted by molar-refractivity contribution is 6.42. The molecule has 1 N–H and O–H groups in total. The number of nitrogens with one attached hydrogen (secondary N) is 1. The van der Waals surface area contributed by atoms with Crippen LogP contribution in [0.25, 0.3) is 0 Å². The van der Waals surface area contributed by atoms with Crippen molar-refractivity contribution in [2.24, 2.45) is 0 Å². The molecule has 2 heterocycles. The molecule has 126 valence electrons. The molecule has 0 atom stereocenters. The van der Waals surface area contributed by atoms with Crippen molar-refractivity contribution in [2.75, 3.05) is 16.8 Å². The Bertz CT molecular complexity index is 913. The second-order valence-corrected chi connectivity index (χ2v) is 6.75. The van der Waals surface area contributed by atoms with Gasteiger partial charge in [-0.3, -0.25) is 0 Å². The third-order valence-electron chi connectivity index (χ3n) is 4.27. The molecular weight excluding hydrogens is 355 g/mol. The van der Waals surface area contributed by atoms with Crippen LogP contribution in [0, 0.1) is 0 Å². The topological polar surface area (TPSA) is 41.1 Å². The van der Waals surface area contributed by atoms with E-state index in [1.807, 2.05) is 12.1 Å². The van der Waals surface area contributed by atoms with Crippen molar-refractivity contribution >= 4 is 40.7 Å². The first-order chi connectivity index (χ1) is 12.2. The van der Waals surface area contributed by atoms with Gasteiger partial charge in [0.15, 0.2) is 0 Å². The lowest BCUT2D eigenvalue weighted by Gasteiger charge is -2.29. The summed E-state index contributed by atoms with van der Waals surface area (Å²) in [6.07, 6.45) is 2.79. The van der Waals surface area contributed by atoms with Crippen LogP contribution in [-0.2, 0) is 13.0 Å². The van der Waals surface area contributed by atoms with Gasteiger partial charge in [0.1, 0.15) is 5.82 Å². The van der Waals surface area contributed by atoms with Crippen LogP contribution in [0.5, 0.6) is 0 Å². The first kappa shape index (κ1) is 16.2. The molecule has 1 aliphatic rings. The van der Waals surface area contributed by atoms with E-state index in [1.165, 1.54) is 11.1 Å². The van der Waals surface area contributed by atoms with Crippen molar-refractivity contribution in [3.8, 4) is 0 Å². The zero-order chi connectivity index (χ0) is 17.2. The number of rotatable bonds is 3. The molecule has 0 saturated carbocycles. The van der Waals surface area contributed by atoms with Crippen LogP contribution in [0.1, 0.15) is 11.1 Å². The third-order valence-corrected chi connectivity index (χ3v) is 5.01. The number of anilines is 3. The monoisotopic (exact) mass is 370 g/mol. The maximum atomic E-state index is 6.06. The standard InChI is InChI=1S/C19H16Cl2N4/c20-16-6-5-15(11-17(16)21)23-19-22-9-7-18(24-19)25-10-8-13-3-1-2-4-14(13)12-25/h1-7,9,11H,8,10,12H2,(H,22,23,24). The molecule has 25 heavy (non-hydrogen) atoms. The quantitative estimate of drug-likeness (QED) is 0.696. The van der Waals surface area contributed by atoms with Crippen molar-refractivity contribution in [2.45, 2.75) is 13.0 Å². The summed E-state index contributed by atoms with van der Waals surface area (Å²) in [6.45, 7) is 1.81. The SMILES string of the molecule is Clc1ccc(Nc2nccc(N3CCc4ccccc4C3)n2)cc1Cl. The second-order valence-electron chi connectivity index (χ2n) is 5.93. The lowest BCUT2D eigenvalue weighted by molar-refractivity contribution is 0.720. The van der Waals surface area contributed by atoms with Gasteiger partial charge in [0, 0.05) is 25.0 Å². The lowest BCUT2D eigenvalue weighted by Crippen LogP contribution is -2.31. The van der Waals surface area contributed by atoms with E-state index in [9.17, 15) is 0 Å². The number of hydrogen-bond acceptors (Lipinski definition) is 4. The Morgan fingerprint density at radius 2 is 1.80 bits per heavy atom. The van der Waals surface area contributed by atoms with E-state index in [0.717, 1.165) is 31.0 Å². The molecule has 0 aliphatic carbocycles. The van der Waals surface area contributed by atoms with Gasteiger partial charge in [-0.05, 0) is 41.8 Å². The zero-order valence-corrected chi connectivity index (χ0v) is 14.9. The van der Waals surface area contributed by atoms with Crippen molar-refractivity contribution < 1.29 is 0 Å². The van der Waals surface area contributed by atoms with Crippen LogP contribution < -0.4 is 10.2 Å². The summed E-state index contributed by atoms with van der Waals surface area (Å²) >= 11 is 12.0. The molecule has 0 spiro atoms. The predicted octanol–water partition coefficient (Wildman–Crippen LogP) is 5.09. The Kier molecular flexibility index (Phi) is 4.47. The van der Waals surface area contributed by atoms with Crippen molar-refractivity contribution in [1.29, 1.82) is 0 Å². The van der Waals surface area contributed by atoms with Gasteiger partial charge >= 0.3 is 0 Å². The molecule has 1 aromatic heterocycles. The van der Waals surface area contributed by atoms with E-state index < -0.39 is 0 Å². The number of benzene rings is 2. The Labute approximate surface area is 156 Å². The summed E-state index contributed by atoms with van der Waals surface area (Å²) in [6, 6.07) is 15.9. The maximum Gasteiger partial charge on any atom is 0.229 e. The highest BCUT2D eigenvalue weighted by Crippen LogP contribution is 2.27. The molecule has 0 saturated heterocycles. The molecule has 0 fully saturated rings. The van der Waals surface area contributed by atoms with Gasteiger partial charge in [-0.2, -0.15) is 4.98 Å². The summed E-state index contributed by atoms with van der Waals surface area (Å²) in [5.41, 5.74) is 3.57. The molecule has 1 aliphatic heterocycles. The van der Waals surface area contributed by atoms with Gasteiger partial charge in [0.2, 0.25) is 5.95 Å². The smallest absolute Gasteiger partial charge is 0.229 e. The fraction of sp³-hybridized carbons (Fsp3) is 0.158. The van der Waals surface area contributed by atoms with E-state index in [-0.39, 0.29) is 0 Å². The van der Waals surface area contributed by atoms with E-state index >= 15 is 0 Å². The summed E-state index contributed by atoms with van der Waals surface area (Å²) in [4.78, 5) is 11.2. The number of nitrogens with zero attached hydrogens (tertiary/aromatic N) is 3. The predicted molar refractivity (Wildman–Crippen MR) is 103 cm³/mol. The molecule has 0 amide bonds. The molecule has 0 radical (unpaired) electrons. The first-order valence-electron chi connectivity index (χ1n) is 8.06. The largest absolute Gasteiger partial charge is 0.352 e. The van der Waals surface area contributed by atoms with E-state index in [0.29, 0.717) is 16.0 Å². The Morgan fingerprint density at radius 1 is 0.960 bits per heavy atom. The van der Waals surface area contributed by atoms with Gasteiger partial charge in [-0.15, -0.1) is 0 Å². The van der Waals surface area contributed by atoms with Gasteiger partial charge in [-0.25, -0.2) is 4.98 Å². The van der Waals surface area contributed by atoms with Gasteiger partial charge in [-0.1, -0.05) is 47.5 Å². The minimum Gasteiger partial charge on any atom is -0.352 e. The van der Waals surface area contributed by atoms with E-state index in [1.54, 1.807) is 18.3 Å². The average molecular weight is 371 g/mol. The summed E-state index contributed by atoms with van der Waals surface area (Å²) in [7, 11) is 0. The van der Waals surface area contributed by atoms with Gasteiger partial charge in [0.25, 0.3) is 0 Å². The highest BCUT2D eigenvalue weighted by Gasteiger charge is 2.17. The molecule has 2 aromatic carbocycles. The number of fused-ring (bicyclic) bond motifs is 1. The van der Waals surface area contributed by atoms with Gasteiger partial charge < -0.3 is 10.2 Å². The summed E-state index contributed by atoms with van der Waals surface area (Å²) < 4.78 is 0. The van der Waals surface area contributed by atoms with Crippen LogP contribution in [0.3, 0.4) is 0 Å².